The summed E-state index contributed by atoms with van der Waals surface area (Å²) in [5, 5.41) is 87.3. The minimum Gasteiger partial charge on any atom is -0.710 e. The first kappa shape index (κ1) is 42.0. The van der Waals surface area contributed by atoms with Crippen LogP contribution in [0, 0.1) is 51.0 Å². The molecule has 0 atom stereocenters. The van der Waals surface area contributed by atoms with Crippen LogP contribution in [-0.2, 0) is 16.5 Å². The molecule has 18 nitrogen and oxygen atoms in total. The van der Waals surface area contributed by atoms with Crippen molar-refractivity contribution in [3.63, 3.8) is 0 Å². The van der Waals surface area contributed by atoms with Crippen LogP contribution >= 0.6 is 0 Å². The van der Waals surface area contributed by atoms with E-state index < -0.39 is 0 Å². The fourth-order valence-electron chi connectivity index (χ4n) is 4.50. The Morgan fingerprint density at radius 3 is 1.57 bits per heavy atom. The van der Waals surface area contributed by atoms with Gasteiger partial charge in [-0.25, -0.2) is 19.6 Å². The maximum atomic E-state index is 11.9. The Bertz CT molecular complexity index is 1930. The molecule has 53 heavy (non-hydrogen) atoms. The number of likely N-dealkylation sites (N-methyl/N-ethyl adjacent to an activating group) is 2. The Morgan fingerprint density at radius 1 is 0.755 bits per heavy atom. The van der Waals surface area contributed by atoms with Gasteiger partial charge in [-0.2, -0.15) is 10.5 Å². The van der Waals surface area contributed by atoms with Crippen molar-refractivity contribution in [3.05, 3.63) is 129 Å². The van der Waals surface area contributed by atoms with Crippen LogP contribution in [0.15, 0.2) is 127 Å². The average Bonchev–Trinajstić information content (AvgIpc) is 3.14. The number of ether oxygens (including phenoxy) is 2. The van der Waals surface area contributed by atoms with Gasteiger partial charge in [0.25, 0.3) is 5.70 Å². The molecule has 0 unspecified atom stereocenters. The number of nitriles is 3. The summed E-state index contributed by atoms with van der Waals surface area (Å²) in [5.74, 6) is -0.118. The summed E-state index contributed by atoms with van der Waals surface area (Å²) < 4.78 is 11.7. The average molecular weight is 763 g/mol. The number of hydrogen-bond donors (Lipinski definition) is 2. The van der Waals surface area contributed by atoms with E-state index in [-0.39, 0.29) is 85.5 Å². The molecule has 0 saturated heterocycles. The van der Waals surface area contributed by atoms with E-state index in [9.17, 15) is 20.6 Å². The molecule has 2 aliphatic heterocycles. The first-order valence-corrected chi connectivity index (χ1v) is 15.5. The summed E-state index contributed by atoms with van der Waals surface area (Å²) in [6.07, 6.45) is 8.32. The van der Waals surface area contributed by atoms with Crippen LogP contribution in [0.4, 0.5) is 11.6 Å². The van der Waals surface area contributed by atoms with Gasteiger partial charge in [-0.3, -0.25) is 0 Å². The van der Waals surface area contributed by atoms with Gasteiger partial charge in [0.15, 0.2) is 17.0 Å². The smallest absolute Gasteiger partial charge is 0.395 e. The fourth-order valence-corrected chi connectivity index (χ4v) is 4.50. The summed E-state index contributed by atoms with van der Waals surface area (Å²) in [4.78, 5) is 5.87. The quantitative estimate of drug-likeness (QED) is 0.0732. The predicted molar refractivity (Wildman–Crippen MR) is 182 cm³/mol. The minimum absolute atomic E-state index is 0. The molecule has 0 radical (unpaired) electrons. The number of hydrogen-bond acceptors (Lipinski definition) is 15. The third-order valence-corrected chi connectivity index (χ3v) is 6.82. The van der Waals surface area contributed by atoms with Crippen LogP contribution in [0.25, 0.3) is 4.85 Å². The van der Waals surface area contributed by atoms with Crippen molar-refractivity contribution in [1.29, 1.82) is 15.8 Å². The van der Waals surface area contributed by atoms with Gasteiger partial charge in [0.05, 0.1) is 59.9 Å². The van der Waals surface area contributed by atoms with Gasteiger partial charge in [0.1, 0.15) is 12.1 Å². The third-order valence-electron chi connectivity index (χ3n) is 6.82. The minimum atomic E-state index is -0.275. The normalized spacial score (nSPS) is 14.5. The second-order valence-electron chi connectivity index (χ2n) is 9.82. The molecule has 2 aliphatic rings. The molecular weight excluding hydrogens is 731 g/mol. The van der Waals surface area contributed by atoms with E-state index in [1.807, 2.05) is 0 Å². The van der Waals surface area contributed by atoms with Crippen molar-refractivity contribution >= 4 is 11.6 Å². The number of aliphatic hydroxyl groups is 2. The number of aromatic nitrogens is 2. The molecule has 0 aromatic carbocycles. The summed E-state index contributed by atoms with van der Waals surface area (Å²) >= 11 is 0. The van der Waals surface area contributed by atoms with E-state index in [4.69, 9.17) is 31.8 Å². The standard InChI is InChI=1S/2C17H16N6O3.Ni/c1-4-22-14(13(11-18)19-3)9-8-12(17(22)24)20-21-16-15(26-5-2)7-6-10-23(16)25;1-3-22-14(12(10-18)11-19)8-7-13(17(22)24)20-21-16-15(26-4-2)6-5-9-23(16)25;/h6-10,24H,4-5H2,1-2H3;5-9,24H,3-4H2,1-2H3;/b14-13+,21-20?;;. The van der Waals surface area contributed by atoms with Gasteiger partial charge < -0.3 is 39.9 Å². The third kappa shape index (κ3) is 9.95. The molecule has 0 saturated carbocycles. The molecule has 0 amide bonds. The number of allylic oxidation sites excluding steroid dienone is 6. The molecule has 19 heteroatoms. The molecule has 2 aromatic heterocycles. The number of pyridine rings is 2. The molecular formula is C34H32N12NiO6. The van der Waals surface area contributed by atoms with Gasteiger partial charge in [-0.05, 0) is 86.5 Å². The van der Waals surface area contributed by atoms with Crippen molar-refractivity contribution in [1.82, 2.24) is 9.80 Å². The summed E-state index contributed by atoms with van der Waals surface area (Å²) in [7, 11) is 0. The van der Waals surface area contributed by atoms with Gasteiger partial charge in [0, 0.05) is 29.6 Å². The zero-order chi connectivity index (χ0) is 38.2. The Labute approximate surface area is 315 Å². The van der Waals surface area contributed by atoms with Gasteiger partial charge in [-0.1, -0.05) is 0 Å². The molecule has 0 fully saturated rings. The van der Waals surface area contributed by atoms with Crippen molar-refractivity contribution in [2.24, 2.45) is 20.5 Å². The molecule has 274 valence electrons. The number of aliphatic hydroxyl groups excluding tert-OH is 2. The number of rotatable bonds is 10. The molecule has 2 N–H and O–H groups in total. The monoisotopic (exact) mass is 762 g/mol. The van der Waals surface area contributed by atoms with Gasteiger partial charge in [0.2, 0.25) is 23.3 Å². The zero-order valence-electron chi connectivity index (χ0n) is 28.8. The summed E-state index contributed by atoms with van der Waals surface area (Å²) in [5.41, 5.74) is 0.424. The molecule has 4 rings (SSSR count). The van der Waals surface area contributed by atoms with Crippen LogP contribution in [-0.4, -0.2) is 46.3 Å². The predicted octanol–water partition coefficient (Wildman–Crippen LogP) is 5.80. The second-order valence-corrected chi connectivity index (χ2v) is 9.82. The maximum absolute atomic E-state index is 11.9. The van der Waals surface area contributed by atoms with Crippen LogP contribution in [0.1, 0.15) is 27.7 Å². The molecule has 2 aromatic rings. The van der Waals surface area contributed by atoms with Crippen molar-refractivity contribution in [2.75, 3.05) is 26.3 Å². The van der Waals surface area contributed by atoms with Crippen LogP contribution in [0.5, 0.6) is 11.5 Å². The van der Waals surface area contributed by atoms with Crippen molar-refractivity contribution in [3.8, 4) is 29.7 Å². The zero-order valence-corrected chi connectivity index (χ0v) is 29.8. The molecule has 0 bridgehead atoms. The molecule has 0 aliphatic carbocycles. The largest absolute Gasteiger partial charge is 0.710 e. The van der Waals surface area contributed by atoms with Crippen LogP contribution in [0.3, 0.4) is 0 Å². The Morgan fingerprint density at radius 2 is 1.19 bits per heavy atom. The number of azo groups is 2. The first-order valence-electron chi connectivity index (χ1n) is 15.5. The molecule has 0 spiro atoms. The van der Waals surface area contributed by atoms with E-state index in [1.54, 1.807) is 58.0 Å². The Kier molecular flexibility index (Phi) is 16.2. The maximum Gasteiger partial charge on any atom is 0.395 e. The fraction of sp³-hybridized carbons (Fsp3) is 0.235. The molecule has 4 heterocycles. The SMILES string of the molecule is CCOc1ccc[n+]([O-])c1N=NC1=C(O)N(CC)C(=C(C#N)C#N)C=C1.[C-]#[N+]/C(C#N)=C1\C=CC(N=Nc2c(OCC)ccc[n+]2[O-])=C(O)N1CC.[Ni]. The van der Waals surface area contributed by atoms with E-state index in [1.165, 1.54) is 58.6 Å². The van der Waals surface area contributed by atoms with Crippen LogP contribution < -0.4 is 18.9 Å². The van der Waals surface area contributed by atoms with Crippen LogP contribution in [0.2, 0.25) is 0 Å². The van der Waals surface area contributed by atoms with Crippen molar-refractivity contribution in [2.45, 2.75) is 27.7 Å². The van der Waals surface area contributed by atoms with E-state index in [0.717, 1.165) is 0 Å². The topological polar surface area (TPSA) is 244 Å². The summed E-state index contributed by atoms with van der Waals surface area (Å²) in [6, 6.07) is 11.6. The van der Waals surface area contributed by atoms with Gasteiger partial charge in [-0.15, -0.1) is 0 Å². The van der Waals surface area contributed by atoms with E-state index >= 15 is 0 Å². The van der Waals surface area contributed by atoms with Crippen molar-refractivity contribution < 1.29 is 45.6 Å². The Balaban J connectivity index is 0.000000360. The Hall–Kier alpha value is -7.21. The number of nitrogens with zero attached hydrogens (tertiary/aromatic N) is 12. The van der Waals surface area contributed by atoms with E-state index in [0.29, 0.717) is 35.8 Å². The van der Waals surface area contributed by atoms with Gasteiger partial charge >= 0.3 is 11.6 Å². The second kappa shape index (κ2) is 20.5. The first-order chi connectivity index (χ1) is 25.1. The summed E-state index contributed by atoms with van der Waals surface area (Å²) in [6.45, 7) is 15.4. The van der Waals surface area contributed by atoms with E-state index in [2.05, 4.69) is 25.3 Å².